The Morgan fingerprint density at radius 3 is 3.06 bits per heavy atom. The number of nitrogens with two attached hydrogens (primary N) is 1. The van der Waals surface area contributed by atoms with Gasteiger partial charge in [-0.15, -0.1) is 5.10 Å². The van der Waals surface area contributed by atoms with Gasteiger partial charge in [-0.1, -0.05) is 18.5 Å². The Balaban J connectivity index is 1.97. The average molecular weight is 255 g/mol. The van der Waals surface area contributed by atoms with E-state index in [1.165, 1.54) is 19.4 Å². The molecule has 1 atom stereocenters. The monoisotopic (exact) mass is 254 g/mol. The molecule has 1 aliphatic rings. The molecule has 0 aliphatic carbocycles. The molecule has 1 saturated heterocycles. The van der Waals surface area contributed by atoms with Crippen LogP contribution in [0.4, 0.5) is 5.69 Å². The lowest BCUT2D eigenvalue weighted by Crippen LogP contribution is -2.36. The van der Waals surface area contributed by atoms with Crippen molar-refractivity contribution in [2.75, 3.05) is 25.4 Å². The van der Waals surface area contributed by atoms with Crippen LogP contribution < -0.4 is 5.73 Å². The molecule has 94 valence electrons. The molecule has 2 N–H and O–H groups in total. The Labute approximate surface area is 107 Å². The van der Waals surface area contributed by atoms with Gasteiger partial charge in [-0.05, 0) is 44.3 Å². The maximum atomic E-state index is 5.76. The van der Waals surface area contributed by atoms with Gasteiger partial charge in [0.2, 0.25) is 0 Å². The van der Waals surface area contributed by atoms with E-state index in [1.807, 2.05) is 6.07 Å². The van der Waals surface area contributed by atoms with Crippen LogP contribution in [0.5, 0.6) is 0 Å². The topological polar surface area (TPSA) is 55.0 Å². The molecule has 2 heterocycles. The smallest absolute Gasteiger partial charge is 0.174 e. The molecule has 1 fully saturated rings. The number of hydrogen-bond acceptors (Lipinski definition) is 4. The summed E-state index contributed by atoms with van der Waals surface area (Å²) in [5, 5.41) is 8.26. The highest BCUT2D eigenvalue weighted by atomic mass is 35.5. The van der Waals surface area contributed by atoms with E-state index in [1.54, 1.807) is 0 Å². The maximum absolute atomic E-state index is 5.76. The van der Waals surface area contributed by atoms with Crippen molar-refractivity contribution in [3.8, 4) is 0 Å². The predicted octanol–water partition coefficient (Wildman–Crippen LogP) is 1.99. The molecule has 0 bridgehead atoms. The largest absolute Gasteiger partial charge is 0.396 e. The first-order valence-corrected chi connectivity index (χ1v) is 6.56. The van der Waals surface area contributed by atoms with Crippen LogP contribution in [0.25, 0.3) is 0 Å². The standard InChI is InChI=1S/C12H19ClN4/c1-2-17-5-3-4-9(8-17)6-10-7-11(14)12(13)16-15-10/h7,9H,2-6,8H2,1H3,(H2,14,15). The number of hydrogen-bond donors (Lipinski definition) is 1. The molecule has 1 aliphatic heterocycles. The fourth-order valence-corrected chi connectivity index (χ4v) is 2.53. The third-order valence-corrected chi connectivity index (χ3v) is 3.67. The molecular formula is C12H19ClN4. The Hall–Kier alpha value is -0.870. The highest BCUT2D eigenvalue weighted by Gasteiger charge is 2.19. The van der Waals surface area contributed by atoms with E-state index in [0.29, 0.717) is 16.8 Å². The Kier molecular flexibility index (Phi) is 4.18. The summed E-state index contributed by atoms with van der Waals surface area (Å²) in [6.45, 7) is 5.72. The van der Waals surface area contributed by atoms with Crippen LogP contribution >= 0.6 is 11.6 Å². The van der Waals surface area contributed by atoms with Gasteiger partial charge in [-0.25, -0.2) is 0 Å². The van der Waals surface area contributed by atoms with Crippen molar-refractivity contribution in [2.45, 2.75) is 26.2 Å². The van der Waals surface area contributed by atoms with E-state index < -0.39 is 0 Å². The van der Waals surface area contributed by atoms with E-state index in [0.717, 1.165) is 25.2 Å². The second-order valence-corrected chi connectivity index (χ2v) is 5.05. The molecule has 0 spiro atoms. The van der Waals surface area contributed by atoms with E-state index in [2.05, 4.69) is 22.0 Å². The second-order valence-electron chi connectivity index (χ2n) is 4.69. The fraction of sp³-hybridized carbons (Fsp3) is 0.667. The molecule has 4 nitrogen and oxygen atoms in total. The van der Waals surface area contributed by atoms with Gasteiger partial charge in [0.25, 0.3) is 0 Å². The molecule has 1 aromatic heterocycles. The lowest BCUT2D eigenvalue weighted by atomic mass is 9.93. The van der Waals surface area contributed by atoms with Crippen LogP contribution in [0, 0.1) is 5.92 Å². The number of rotatable bonds is 3. The number of anilines is 1. The van der Waals surface area contributed by atoms with Crippen LogP contribution in [0.15, 0.2) is 6.07 Å². The fourth-order valence-electron chi connectivity index (χ4n) is 2.43. The van der Waals surface area contributed by atoms with Gasteiger partial charge in [0.15, 0.2) is 5.15 Å². The van der Waals surface area contributed by atoms with Crippen LogP contribution in [0.1, 0.15) is 25.5 Å². The molecule has 0 radical (unpaired) electrons. The molecule has 0 aromatic carbocycles. The minimum atomic E-state index is 0.299. The highest BCUT2D eigenvalue weighted by Crippen LogP contribution is 2.21. The lowest BCUT2D eigenvalue weighted by molar-refractivity contribution is 0.181. The molecular weight excluding hydrogens is 236 g/mol. The summed E-state index contributed by atoms with van der Waals surface area (Å²) in [7, 11) is 0. The summed E-state index contributed by atoms with van der Waals surface area (Å²) in [5.74, 6) is 0.665. The average Bonchev–Trinajstić information content (AvgIpc) is 2.34. The Morgan fingerprint density at radius 2 is 2.35 bits per heavy atom. The van der Waals surface area contributed by atoms with Gasteiger partial charge in [-0.2, -0.15) is 5.10 Å². The van der Waals surface area contributed by atoms with Gasteiger partial charge in [0.1, 0.15) is 0 Å². The van der Waals surface area contributed by atoms with Crippen molar-refractivity contribution in [1.82, 2.24) is 15.1 Å². The number of nitrogen functional groups attached to an aromatic ring is 1. The summed E-state index contributed by atoms with van der Waals surface area (Å²) in [5.41, 5.74) is 7.22. The first-order chi connectivity index (χ1) is 8.19. The second kappa shape index (κ2) is 5.65. The number of halogens is 1. The summed E-state index contributed by atoms with van der Waals surface area (Å²) in [4.78, 5) is 2.49. The SMILES string of the molecule is CCN1CCCC(Cc2cc(N)c(Cl)nn2)C1. The van der Waals surface area contributed by atoms with Crippen molar-refractivity contribution < 1.29 is 0 Å². The normalized spacial score (nSPS) is 21.6. The van der Waals surface area contributed by atoms with Crippen LogP contribution in [0.3, 0.4) is 0 Å². The van der Waals surface area contributed by atoms with E-state index >= 15 is 0 Å². The number of aromatic nitrogens is 2. The van der Waals surface area contributed by atoms with Crippen molar-refractivity contribution >= 4 is 17.3 Å². The quantitative estimate of drug-likeness (QED) is 0.896. The lowest BCUT2D eigenvalue weighted by Gasteiger charge is -2.31. The van der Waals surface area contributed by atoms with Gasteiger partial charge in [-0.3, -0.25) is 0 Å². The molecule has 0 saturated carbocycles. The highest BCUT2D eigenvalue weighted by molar-refractivity contribution is 6.31. The zero-order valence-electron chi connectivity index (χ0n) is 10.2. The van der Waals surface area contributed by atoms with Gasteiger partial charge >= 0.3 is 0 Å². The van der Waals surface area contributed by atoms with Crippen molar-refractivity contribution in [1.29, 1.82) is 0 Å². The summed E-state index contributed by atoms with van der Waals surface area (Å²) in [6.07, 6.45) is 3.49. The van der Waals surface area contributed by atoms with Crippen molar-refractivity contribution in [3.05, 3.63) is 16.9 Å². The number of likely N-dealkylation sites (tertiary alicyclic amines) is 1. The number of nitrogens with zero attached hydrogens (tertiary/aromatic N) is 3. The van der Waals surface area contributed by atoms with E-state index in [9.17, 15) is 0 Å². The molecule has 1 unspecified atom stereocenters. The first kappa shape index (κ1) is 12.6. The van der Waals surface area contributed by atoms with Crippen LogP contribution in [0.2, 0.25) is 5.15 Å². The van der Waals surface area contributed by atoms with E-state index in [4.69, 9.17) is 17.3 Å². The summed E-state index contributed by atoms with van der Waals surface area (Å²) < 4.78 is 0. The van der Waals surface area contributed by atoms with Gasteiger partial charge in [0.05, 0.1) is 11.4 Å². The predicted molar refractivity (Wildman–Crippen MR) is 70.0 cm³/mol. The van der Waals surface area contributed by atoms with Crippen molar-refractivity contribution in [2.24, 2.45) is 5.92 Å². The molecule has 5 heteroatoms. The minimum Gasteiger partial charge on any atom is -0.396 e. The summed E-state index contributed by atoms with van der Waals surface area (Å²) in [6, 6.07) is 1.85. The minimum absolute atomic E-state index is 0.299. The molecule has 17 heavy (non-hydrogen) atoms. The van der Waals surface area contributed by atoms with Crippen molar-refractivity contribution in [3.63, 3.8) is 0 Å². The molecule has 0 amide bonds. The Bertz CT molecular complexity index is 383. The summed E-state index contributed by atoms with van der Waals surface area (Å²) >= 11 is 5.76. The third kappa shape index (κ3) is 3.30. The Morgan fingerprint density at radius 1 is 1.53 bits per heavy atom. The third-order valence-electron chi connectivity index (χ3n) is 3.37. The van der Waals surface area contributed by atoms with Crippen LogP contribution in [-0.4, -0.2) is 34.7 Å². The van der Waals surface area contributed by atoms with Crippen LogP contribution in [-0.2, 0) is 6.42 Å². The zero-order chi connectivity index (χ0) is 12.3. The maximum Gasteiger partial charge on any atom is 0.174 e. The first-order valence-electron chi connectivity index (χ1n) is 6.19. The zero-order valence-corrected chi connectivity index (χ0v) is 11.0. The molecule has 2 rings (SSSR count). The van der Waals surface area contributed by atoms with Gasteiger partial charge < -0.3 is 10.6 Å². The van der Waals surface area contributed by atoms with Gasteiger partial charge in [0, 0.05) is 6.54 Å². The molecule has 1 aromatic rings. The van der Waals surface area contributed by atoms with E-state index in [-0.39, 0.29) is 0 Å². The number of piperidine rings is 1.